The molecule has 2 heteroatoms. The lowest BCUT2D eigenvalue weighted by Gasteiger charge is -2.27. The Bertz CT molecular complexity index is 651. The summed E-state index contributed by atoms with van der Waals surface area (Å²) in [6, 6.07) is 18.6. The maximum absolute atomic E-state index is 12.7. The Morgan fingerprint density at radius 3 is 1.96 bits per heavy atom. The minimum absolute atomic E-state index is 0.101. The monoisotopic (exact) mass is 340 g/mol. The van der Waals surface area contributed by atoms with Gasteiger partial charge in [0.25, 0.3) is 0 Å². The van der Waals surface area contributed by atoms with E-state index in [-0.39, 0.29) is 16.4 Å². The fourth-order valence-corrected chi connectivity index (χ4v) is 3.80. The number of thioether (sulfide) groups is 1. The summed E-state index contributed by atoms with van der Waals surface area (Å²) in [6.07, 6.45) is 0.929. The van der Waals surface area contributed by atoms with Crippen LogP contribution in [0.25, 0.3) is 11.1 Å². The summed E-state index contributed by atoms with van der Waals surface area (Å²) in [4.78, 5) is 13.8. The predicted molar refractivity (Wildman–Crippen MR) is 105 cm³/mol. The third-order valence-electron chi connectivity index (χ3n) is 4.12. The standard InChI is InChI=1S/C22H28OS/c1-16(2)20(15-22(3,4)5)21(23)24-19-13-11-18(12-14-19)17-9-7-6-8-10-17/h6-14,16,20H,15H2,1-5H3. The van der Waals surface area contributed by atoms with Gasteiger partial charge >= 0.3 is 0 Å². The van der Waals surface area contributed by atoms with Crippen LogP contribution in [-0.4, -0.2) is 5.12 Å². The van der Waals surface area contributed by atoms with Crippen LogP contribution in [-0.2, 0) is 4.79 Å². The molecule has 1 unspecified atom stereocenters. The largest absolute Gasteiger partial charge is 0.287 e. The first-order valence-corrected chi connectivity index (χ1v) is 9.45. The van der Waals surface area contributed by atoms with Gasteiger partial charge in [0.15, 0.2) is 5.12 Å². The second-order valence-corrected chi connectivity index (χ2v) is 9.00. The molecule has 24 heavy (non-hydrogen) atoms. The molecule has 2 aromatic rings. The zero-order chi connectivity index (χ0) is 17.7. The van der Waals surface area contributed by atoms with Crippen molar-refractivity contribution in [2.24, 2.45) is 17.3 Å². The van der Waals surface area contributed by atoms with Gasteiger partial charge in [-0.3, -0.25) is 4.79 Å². The highest BCUT2D eigenvalue weighted by molar-refractivity contribution is 8.13. The lowest BCUT2D eigenvalue weighted by atomic mass is 9.80. The molecule has 0 saturated heterocycles. The van der Waals surface area contributed by atoms with Crippen LogP contribution >= 0.6 is 11.8 Å². The fourth-order valence-electron chi connectivity index (χ4n) is 2.79. The lowest BCUT2D eigenvalue weighted by molar-refractivity contribution is -0.116. The molecule has 0 saturated carbocycles. The normalized spacial score (nSPS) is 13.1. The van der Waals surface area contributed by atoms with Crippen molar-refractivity contribution in [1.29, 1.82) is 0 Å². The summed E-state index contributed by atoms with van der Waals surface area (Å²) in [6.45, 7) is 10.9. The van der Waals surface area contributed by atoms with Crippen LogP contribution in [0.4, 0.5) is 0 Å². The molecule has 0 heterocycles. The highest BCUT2D eigenvalue weighted by Crippen LogP contribution is 2.35. The molecule has 1 atom stereocenters. The maximum Gasteiger partial charge on any atom is 0.197 e. The van der Waals surface area contributed by atoms with Crippen molar-refractivity contribution in [2.45, 2.75) is 45.9 Å². The quantitative estimate of drug-likeness (QED) is 0.565. The van der Waals surface area contributed by atoms with Crippen molar-refractivity contribution in [3.05, 3.63) is 54.6 Å². The van der Waals surface area contributed by atoms with Crippen LogP contribution in [0.15, 0.2) is 59.5 Å². The van der Waals surface area contributed by atoms with E-state index in [9.17, 15) is 4.79 Å². The van der Waals surface area contributed by atoms with Crippen LogP contribution in [0, 0.1) is 17.3 Å². The molecule has 0 fully saturated rings. The predicted octanol–water partition coefficient (Wildman–Crippen LogP) is 6.68. The van der Waals surface area contributed by atoms with Gasteiger partial charge in [0.2, 0.25) is 0 Å². The molecule has 2 rings (SSSR count). The summed E-state index contributed by atoms with van der Waals surface area (Å²) in [5, 5.41) is 0.285. The van der Waals surface area contributed by atoms with Crippen molar-refractivity contribution < 1.29 is 4.79 Å². The summed E-state index contributed by atoms with van der Waals surface area (Å²) >= 11 is 1.39. The second-order valence-electron chi connectivity index (χ2n) is 7.93. The van der Waals surface area contributed by atoms with Gasteiger partial charge in [-0.1, -0.05) is 88.8 Å². The van der Waals surface area contributed by atoms with Gasteiger partial charge in [0, 0.05) is 10.8 Å². The molecule has 128 valence electrons. The van der Waals surface area contributed by atoms with E-state index in [2.05, 4.69) is 71.0 Å². The van der Waals surface area contributed by atoms with Crippen LogP contribution in [0.3, 0.4) is 0 Å². The molecule has 0 aliphatic heterocycles. The Balaban J connectivity index is 2.08. The minimum atomic E-state index is 0.101. The molecule has 2 aromatic carbocycles. The Morgan fingerprint density at radius 1 is 0.917 bits per heavy atom. The Labute approximate surface area is 150 Å². The van der Waals surface area contributed by atoms with Crippen LogP contribution < -0.4 is 0 Å². The first-order chi connectivity index (χ1) is 11.3. The van der Waals surface area contributed by atoms with Crippen LogP contribution in [0.2, 0.25) is 0 Å². The lowest BCUT2D eigenvalue weighted by Crippen LogP contribution is -2.23. The Morgan fingerprint density at radius 2 is 1.46 bits per heavy atom. The minimum Gasteiger partial charge on any atom is -0.287 e. The van der Waals surface area contributed by atoms with Crippen LogP contribution in [0.5, 0.6) is 0 Å². The topological polar surface area (TPSA) is 17.1 Å². The molecule has 0 amide bonds. The van der Waals surface area contributed by atoms with Gasteiger partial charge < -0.3 is 0 Å². The van der Waals surface area contributed by atoms with Gasteiger partial charge in [-0.15, -0.1) is 0 Å². The third-order valence-corrected chi connectivity index (χ3v) is 5.13. The van der Waals surface area contributed by atoms with E-state index in [0.717, 1.165) is 11.3 Å². The van der Waals surface area contributed by atoms with Crippen molar-refractivity contribution in [3.63, 3.8) is 0 Å². The molecule has 1 nitrogen and oxygen atoms in total. The highest BCUT2D eigenvalue weighted by atomic mass is 32.2. The molecule has 0 N–H and O–H groups in total. The summed E-state index contributed by atoms with van der Waals surface area (Å²) < 4.78 is 0. The number of hydrogen-bond donors (Lipinski definition) is 0. The average molecular weight is 341 g/mol. The van der Waals surface area contributed by atoms with Crippen molar-refractivity contribution >= 4 is 16.9 Å². The molecule has 0 aromatic heterocycles. The first-order valence-electron chi connectivity index (χ1n) is 8.63. The van der Waals surface area contributed by atoms with E-state index < -0.39 is 0 Å². The Hall–Kier alpha value is -1.54. The number of carbonyl (C=O) groups excluding carboxylic acids is 1. The second kappa shape index (κ2) is 8.02. The summed E-state index contributed by atoms with van der Waals surface area (Å²) in [5.74, 6) is 0.469. The van der Waals surface area contributed by atoms with E-state index in [0.29, 0.717) is 5.92 Å². The van der Waals surface area contributed by atoms with E-state index in [1.54, 1.807) is 0 Å². The molecule has 0 bridgehead atoms. The molecular weight excluding hydrogens is 312 g/mol. The Kier molecular flexibility index (Phi) is 6.28. The van der Waals surface area contributed by atoms with Crippen molar-refractivity contribution in [1.82, 2.24) is 0 Å². The summed E-state index contributed by atoms with van der Waals surface area (Å²) in [5.41, 5.74) is 2.55. The highest BCUT2D eigenvalue weighted by Gasteiger charge is 2.28. The SMILES string of the molecule is CC(C)C(CC(C)(C)C)C(=O)Sc1ccc(-c2ccccc2)cc1. The number of rotatable bonds is 5. The smallest absolute Gasteiger partial charge is 0.197 e. The van der Waals surface area contributed by atoms with Gasteiger partial charge in [-0.05, 0) is 41.0 Å². The molecule has 0 spiro atoms. The van der Waals surface area contributed by atoms with Crippen molar-refractivity contribution in [2.75, 3.05) is 0 Å². The van der Waals surface area contributed by atoms with Gasteiger partial charge in [-0.25, -0.2) is 0 Å². The number of hydrogen-bond acceptors (Lipinski definition) is 2. The van der Waals surface area contributed by atoms with E-state index in [1.165, 1.54) is 22.9 Å². The van der Waals surface area contributed by atoms with Gasteiger partial charge in [-0.2, -0.15) is 0 Å². The van der Waals surface area contributed by atoms with E-state index in [1.807, 2.05) is 18.2 Å². The summed E-state index contributed by atoms with van der Waals surface area (Å²) in [7, 11) is 0. The van der Waals surface area contributed by atoms with Gasteiger partial charge in [0.1, 0.15) is 0 Å². The molecular formula is C22H28OS. The third kappa shape index (κ3) is 5.52. The molecule has 0 aliphatic carbocycles. The van der Waals surface area contributed by atoms with Crippen LogP contribution in [0.1, 0.15) is 41.0 Å². The molecule has 0 radical (unpaired) electrons. The molecule has 0 aliphatic rings. The van der Waals surface area contributed by atoms with E-state index in [4.69, 9.17) is 0 Å². The zero-order valence-electron chi connectivity index (χ0n) is 15.4. The average Bonchev–Trinajstić information content (AvgIpc) is 2.53. The number of carbonyl (C=O) groups is 1. The van der Waals surface area contributed by atoms with Crippen molar-refractivity contribution in [3.8, 4) is 11.1 Å². The number of benzene rings is 2. The van der Waals surface area contributed by atoms with E-state index >= 15 is 0 Å². The van der Waals surface area contributed by atoms with Gasteiger partial charge in [0.05, 0.1) is 0 Å². The first kappa shape index (κ1) is 18.8. The zero-order valence-corrected chi connectivity index (χ0v) is 16.2. The maximum atomic E-state index is 12.7. The fraction of sp³-hybridized carbons (Fsp3) is 0.409.